The van der Waals surface area contributed by atoms with Gasteiger partial charge in [0.25, 0.3) is 0 Å². The summed E-state index contributed by atoms with van der Waals surface area (Å²) >= 11 is 0. The molecule has 0 aromatic rings. The molecule has 13 heavy (non-hydrogen) atoms. The van der Waals surface area contributed by atoms with E-state index in [1.165, 1.54) is 32.1 Å². The first-order valence-corrected chi connectivity index (χ1v) is 5.70. The molecule has 0 saturated heterocycles. The highest BCUT2D eigenvalue weighted by atomic mass is 14.6. The van der Waals surface area contributed by atoms with Crippen LogP contribution >= 0.6 is 0 Å². The number of hydrogen-bond acceptors (Lipinski definition) is 2. The molecular weight excluding hydrogens is 160 g/mol. The van der Waals surface area contributed by atoms with Crippen LogP contribution in [0.2, 0.25) is 0 Å². The summed E-state index contributed by atoms with van der Waals surface area (Å²) in [6.07, 6.45) is 6.52. The Morgan fingerprint density at radius 1 is 0.923 bits per heavy atom. The third kappa shape index (κ3) is 5.27. The summed E-state index contributed by atoms with van der Waals surface area (Å²) in [7, 11) is 0. The van der Waals surface area contributed by atoms with Gasteiger partial charge in [0.2, 0.25) is 0 Å². The van der Waals surface area contributed by atoms with Gasteiger partial charge in [-0.3, -0.25) is 0 Å². The van der Waals surface area contributed by atoms with Crippen LogP contribution < -0.4 is 11.5 Å². The van der Waals surface area contributed by atoms with Crippen molar-refractivity contribution in [2.75, 3.05) is 13.1 Å². The van der Waals surface area contributed by atoms with Gasteiger partial charge in [0.15, 0.2) is 0 Å². The maximum atomic E-state index is 5.68. The molecule has 0 saturated carbocycles. The maximum absolute atomic E-state index is 5.68. The molecule has 0 aliphatic carbocycles. The largest absolute Gasteiger partial charge is 0.330 e. The Bertz CT molecular complexity index is 100. The zero-order valence-electron chi connectivity index (χ0n) is 9.26. The van der Waals surface area contributed by atoms with Crippen molar-refractivity contribution in [2.24, 2.45) is 23.3 Å². The standard InChI is InChI=1S/C11H26N2/c1-3-5-6-7-10(4-2)11(8-12)9-13/h10-11H,3-9,12-13H2,1-2H3. The van der Waals surface area contributed by atoms with Gasteiger partial charge in [0.1, 0.15) is 0 Å². The van der Waals surface area contributed by atoms with E-state index in [1.807, 2.05) is 0 Å². The van der Waals surface area contributed by atoms with Gasteiger partial charge in [-0.1, -0.05) is 46.0 Å². The molecule has 0 bridgehead atoms. The lowest BCUT2D eigenvalue weighted by Gasteiger charge is -2.23. The smallest absolute Gasteiger partial charge is 0.00341 e. The molecule has 4 N–H and O–H groups in total. The fraction of sp³-hybridized carbons (Fsp3) is 1.00. The fourth-order valence-corrected chi connectivity index (χ4v) is 1.91. The van der Waals surface area contributed by atoms with E-state index in [1.54, 1.807) is 0 Å². The molecule has 1 atom stereocenters. The highest BCUT2D eigenvalue weighted by Gasteiger charge is 2.16. The van der Waals surface area contributed by atoms with Gasteiger partial charge in [0, 0.05) is 0 Å². The quantitative estimate of drug-likeness (QED) is 0.571. The van der Waals surface area contributed by atoms with Crippen molar-refractivity contribution in [1.82, 2.24) is 0 Å². The van der Waals surface area contributed by atoms with Gasteiger partial charge in [0.05, 0.1) is 0 Å². The first-order chi connectivity index (χ1) is 6.29. The second-order valence-electron chi connectivity index (χ2n) is 3.90. The molecule has 0 heterocycles. The van der Waals surface area contributed by atoms with Gasteiger partial charge in [-0.2, -0.15) is 0 Å². The number of unbranched alkanes of at least 4 members (excludes halogenated alkanes) is 2. The molecule has 0 aromatic heterocycles. The zero-order valence-corrected chi connectivity index (χ0v) is 9.26. The van der Waals surface area contributed by atoms with Crippen LogP contribution in [0.5, 0.6) is 0 Å². The Hall–Kier alpha value is -0.0800. The minimum atomic E-state index is 0.543. The van der Waals surface area contributed by atoms with E-state index in [9.17, 15) is 0 Å². The van der Waals surface area contributed by atoms with E-state index in [-0.39, 0.29) is 0 Å². The highest BCUT2D eigenvalue weighted by molar-refractivity contribution is 4.70. The molecule has 2 nitrogen and oxygen atoms in total. The fourth-order valence-electron chi connectivity index (χ4n) is 1.91. The van der Waals surface area contributed by atoms with Gasteiger partial charge >= 0.3 is 0 Å². The van der Waals surface area contributed by atoms with Crippen molar-refractivity contribution < 1.29 is 0 Å². The van der Waals surface area contributed by atoms with E-state index in [2.05, 4.69) is 13.8 Å². The Labute approximate surface area is 83.1 Å². The average molecular weight is 186 g/mol. The number of hydrogen-bond donors (Lipinski definition) is 2. The van der Waals surface area contributed by atoms with E-state index >= 15 is 0 Å². The molecule has 0 rings (SSSR count). The van der Waals surface area contributed by atoms with Crippen LogP contribution in [-0.2, 0) is 0 Å². The first-order valence-electron chi connectivity index (χ1n) is 5.70. The SMILES string of the molecule is CCCCCC(CC)C(CN)CN. The monoisotopic (exact) mass is 186 g/mol. The summed E-state index contributed by atoms with van der Waals surface area (Å²) in [5.41, 5.74) is 11.4. The number of nitrogens with two attached hydrogens (primary N) is 2. The lowest BCUT2D eigenvalue weighted by molar-refractivity contribution is 0.307. The van der Waals surface area contributed by atoms with Gasteiger partial charge in [-0.25, -0.2) is 0 Å². The zero-order chi connectivity index (χ0) is 10.1. The third-order valence-corrected chi connectivity index (χ3v) is 2.98. The van der Waals surface area contributed by atoms with E-state index in [0.717, 1.165) is 19.0 Å². The average Bonchev–Trinajstić information content (AvgIpc) is 2.17. The molecule has 0 radical (unpaired) electrons. The van der Waals surface area contributed by atoms with Crippen LogP contribution in [0.4, 0.5) is 0 Å². The first kappa shape index (κ1) is 12.9. The Morgan fingerprint density at radius 3 is 1.92 bits per heavy atom. The van der Waals surface area contributed by atoms with Gasteiger partial charge in [-0.15, -0.1) is 0 Å². The topological polar surface area (TPSA) is 52.0 Å². The lowest BCUT2D eigenvalue weighted by Crippen LogP contribution is -2.30. The second kappa shape index (κ2) is 8.52. The van der Waals surface area contributed by atoms with Gasteiger partial charge < -0.3 is 11.5 Å². The van der Waals surface area contributed by atoms with Crippen LogP contribution in [-0.4, -0.2) is 13.1 Å². The Morgan fingerprint density at radius 2 is 1.54 bits per heavy atom. The molecule has 0 aliphatic rings. The normalized spacial score (nSPS) is 13.6. The Kier molecular flexibility index (Phi) is 8.46. The lowest BCUT2D eigenvalue weighted by atomic mass is 9.86. The summed E-state index contributed by atoms with van der Waals surface area (Å²) in [6, 6.07) is 0. The summed E-state index contributed by atoms with van der Waals surface area (Å²) < 4.78 is 0. The van der Waals surface area contributed by atoms with E-state index in [0.29, 0.717) is 5.92 Å². The van der Waals surface area contributed by atoms with Crippen LogP contribution in [0.3, 0.4) is 0 Å². The van der Waals surface area contributed by atoms with Crippen molar-refractivity contribution in [3.05, 3.63) is 0 Å². The third-order valence-electron chi connectivity index (χ3n) is 2.98. The molecule has 1 unspecified atom stereocenters. The molecule has 0 spiro atoms. The van der Waals surface area contributed by atoms with Crippen molar-refractivity contribution in [3.8, 4) is 0 Å². The van der Waals surface area contributed by atoms with Crippen molar-refractivity contribution in [2.45, 2.75) is 46.0 Å². The number of rotatable bonds is 8. The molecule has 80 valence electrons. The predicted octanol–water partition coefficient (Wildman–Crippen LogP) is 2.13. The van der Waals surface area contributed by atoms with Crippen LogP contribution in [0.25, 0.3) is 0 Å². The summed E-state index contributed by atoms with van der Waals surface area (Å²) in [4.78, 5) is 0. The minimum absolute atomic E-state index is 0.543. The van der Waals surface area contributed by atoms with E-state index in [4.69, 9.17) is 11.5 Å². The van der Waals surface area contributed by atoms with Crippen molar-refractivity contribution in [1.29, 1.82) is 0 Å². The molecule has 0 aliphatic heterocycles. The maximum Gasteiger partial charge on any atom is -0.00341 e. The molecule has 0 amide bonds. The predicted molar refractivity (Wildman–Crippen MR) is 59.5 cm³/mol. The molecular formula is C11H26N2. The molecule has 0 aromatic carbocycles. The van der Waals surface area contributed by atoms with E-state index < -0.39 is 0 Å². The highest BCUT2D eigenvalue weighted by Crippen LogP contribution is 2.21. The van der Waals surface area contributed by atoms with Crippen molar-refractivity contribution in [3.63, 3.8) is 0 Å². The van der Waals surface area contributed by atoms with Crippen molar-refractivity contribution >= 4 is 0 Å². The summed E-state index contributed by atoms with van der Waals surface area (Å²) in [5.74, 6) is 1.29. The summed E-state index contributed by atoms with van der Waals surface area (Å²) in [6.45, 7) is 5.99. The Balaban J connectivity index is 3.71. The van der Waals surface area contributed by atoms with Gasteiger partial charge in [-0.05, 0) is 24.9 Å². The molecule has 0 fully saturated rings. The van der Waals surface area contributed by atoms with Crippen LogP contribution in [0, 0.1) is 11.8 Å². The summed E-state index contributed by atoms with van der Waals surface area (Å²) in [5, 5.41) is 0. The minimum Gasteiger partial charge on any atom is -0.330 e. The second-order valence-corrected chi connectivity index (χ2v) is 3.90. The van der Waals surface area contributed by atoms with Crippen LogP contribution in [0.1, 0.15) is 46.0 Å². The van der Waals surface area contributed by atoms with Crippen LogP contribution in [0.15, 0.2) is 0 Å². The molecule has 2 heteroatoms.